The van der Waals surface area contributed by atoms with E-state index in [4.69, 9.17) is 0 Å². The van der Waals surface area contributed by atoms with Crippen molar-refractivity contribution in [2.45, 2.75) is 31.1 Å². The summed E-state index contributed by atoms with van der Waals surface area (Å²) in [7, 11) is 0. The fourth-order valence-corrected chi connectivity index (χ4v) is 3.46. The quantitative estimate of drug-likeness (QED) is 0.808. The summed E-state index contributed by atoms with van der Waals surface area (Å²) in [6.45, 7) is 0. The number of ketones is 1. The summed E-state index contributed by atoms with van der Waals surface area (Å²) in [5.41, 5.74) is 1.02. The van der Waals surface area contributed by atoms with E-state index in [1.54, 1.807) is 11.3 Å². The molecule has 1 aliphatic rings. The van der Waals surface area contributed by atoms with Gasteiger partial charge in [-0.25, -0.2) is 0 Å². The largest absolute Gasteiger partial charge is 0.298 e. The van der Waals surface area contributed by atoms with E-state index in [1.807, 2.05) is 29.6 Å². The van der Waals surface area contributed by atoms with Crippen molar-refractivity contribution in [1.82, 2.24) is 0 Å². The maximum Gasteiger partial charge on any atom is 0.148 e. The molecule has 92 valence electrons. The maximum absolute atomic E-state index is 12.6. The van der Waals surface area contributed by atoms with E-state index in [1.165, 1.54) is 16.9 Å². The van der Waals surface area contributed by atoms with Crippen LogP contribution in [0.4, 0.5) is 0 Å². The van der Waals surface area contributed by atoms with E-state index in [9.17, 15) is 4.79 Å². The smallest absolute Gasteiger partial charge is 0.148 e. The van der Waals surface area contributed by atoms with Crippen molar-refractivity contribution in [2.75, 3.05) is 0 Å². The first-order valence-corrected chi connectivity index (χ1v) is 7.30. The first kappa shape index (κ1) is 11.7. The van der Waals surface area contributed by atoms with E-state index in [2.05, 4.69) is 18.2 Å². The van der Waals surface area contributed by atoms with Gasteiger partial charge in [-0.3, -0.25) is 4.79 Å². The molecule has 0 aliphatic heterocycles. The maximum atomic E-state index is 12.6. The van der Waals surface area contributed by atoms with Gasteiger partial charge in [-0.1, -0.05) is 42.8 Å². The molecule has 0 N–H and O–H groups in total. The summed E-state index contributed by atoms with van der Waals surface area (Å²) in [6.07, 6.45) is 3.79. The first-order chi connectivity index (χ1) is 8.81. The molecule has 0 saturated heterocycles. The van der Waals surface area contributed by atoms with Crippen molar-refractivity contribution in [3.05, 3.63) is 58.3 Å². The van der Waals surface area contributed by atoms with Gasteiger partial charge in [-0.2, -0.15) is 0 Å². The predicted molar refractivity (Wildman–Crippen MR) is 75.0 cm³/mol. The Labute approximate surface area is 111 Å². The van der Waals surface area contributed by atoms with Crippen LogP contribution in [-0.2, 0) is 16.6 Å². The molecule has 2 aromatic rings. The Morgan fingerprint density at radius 3 is 2.44 bits per heavy atom. The van der Waals surface area contributed by atoms with Gasteiger partial charge in [0, 0.05) is 11.3 Å². The van der Waals surface area contributed by atoms with Crippen LogP contribution in [0.1, 0.15) is 29.7 Å². The Hall–Kier alpha value is -1.41. The molecule has 1 aromatic carbocycles. The lowest BCUT2D eigenvalue weighted by atomic mass is 9.61. The molecule has 0 unspecified atom stereocenters. The average molecular weight is 256 g/mol. The van der Waals surface area contributed by atoms with Crippen molar-refractivity contribution in [3.63, 3.8) is 0 Å². The zero-order chi connectivity index (χ0) is 12.4. The van der Waals surface area contributed by atoms with Gasteiger partial charge in [0.05, 0.1) is 5.41 Å². The van der Waals surface area contributed by atoms with Crippen molar-refractivity contribution in [3.8, 4) is 0 Å². The van der Waals surface area contributed by atoms with Crippen LogP contribution in [0, 0.1) is 0 Å². The summed E-state index contributed by atoms with van der Waals surface area (Å²) < 4.78 is 0. The summed E-state index contributed by atoms with van der Waals surface area (Å²) in [4.78, 5) is 13.8. The van der Waals surface area contributed by atoms with Gasteiger partial charge in [0.15, 0.2) is 0 Å². The minimum atomic E-state index is -0.189. The van der Waals surface area contributed by atoms with Gasteiger partial charge in [-0.15, -0.1) is 11.3 Å². The lowest BCUT2D eigenvalue weighted by Crippen LogP contribution is -2.43. The van der Waals surface area contributed by atoms with Crippen LogP contribution < -0.4 is 0 Å². The highest BCUT2D eigenvalue weighted by Crippen LogP contribution is 2.45. The van der Waals surface area contributed by atoms with Gasteiger partial charge in [0.2, 0.25) is 0 Å². The highest BCUT2D eigenvalue weighted by molar-refractivity contribution is 7.10. The fourth-order valence-electron chi connectivity index (χ4n) is 2.76. The molecule has 0 radical (unpaired) electrons. The molecule has 1 aliphatic carbocycles. The SMILES string of the molecule is O=C(Cc1cccs1)C1(c2ccccc2)CCC1. The second-order valence-electron chi connectivity index (χ2n) is 4.98. The molecule has 1 fully saturated rings. The van der Waals surface area contributed by atoms with E-state index in [-0.39, 0.29) is 5.41 Å². The number of carbonyl (C=O) groups is 1. The molecule has 3 rings (SSSR count). The highest BCUT2D eigenvalue weighted by Gasteiger charge is 2.44. The number of carbonyl (C=O) groups excluding carboxylic acids is 1. The summed E-state index contributed by atoms with van der Waals surface area (Å²) in [6, 6.07) is 14.4. The van der Waals surface area contributed by atoms with E-state index < -0.39 is 0 Å². The van der Waals surface area contributed by atoms with Gasteiger partial charge in [0.25, 0.3) is 0 Å². The molecular weight excluding hydrogens is 240 g/mol. The molecule has 0 spiro atoms. The van der Waals surface area contributed by atoms with Crippen LogP contribution in [0.5, 0.6) is 0 Å². The molecule has 18 heavy (non-hydrogen) atoms. The Balaban J connectivity index is 1.86. The number of Topliss-reactive ketones (excluding diaryl/α,β-unsaturated/α-hetero) is 1. The van der Waals surface area contributed by atoms with Gasteiger partial charge >= 0.3 is 0 Å². The number of benzene rings is 1. The molecule has 1 heterocycles. The molecule has 1 aromatic heterocycles. The number of hydrogen-bond acceptors (Lipinski definition) is 2. The standard InChI is InChI=1S/C16H16OS/c17-15(12-14-8-4-11-18-14)16(9-5-10-16)13-6-2-1-3-7-13/h1-4,6-8,11H,5,9-10,12H2. The first-order valence-electron chi connectivity index (χ1n) is 6.42. The molecule has 1 nitrogen and oxygen atoms in total. The van der Waals surface area contributed by atoms with Crippen LogP contribution >= 0.6 is 11.3 Å². The number of thiophene rings is 1. The van der Waals surface area contributed by atoms with E-state index in [0.717, 1.165) is 12.8 Å². The highest BCUT2D eigenvalue weighted by atomic mass is 32.1. The average Bonchev–Trinajstić information content (AvgIpc) is 2.82. The summed E-state index contributed by atoms with van der Waals surface area (Å²) >= 11 is 1.68. The molecule has 1 saturated carbocycles. The monoisotopic (exact) mass is 256 g/mol. The Morgan fingerprint density at radius 2 is 1.89 bits per heavy atom. The van der Waals surface area contributed by atoms with Crippen LogP contribution in [0.15, 0.2) is 47.8 Å². The third-order valence-corrected chi connectivity index (χ3v) is 4.86. The molecule has 0 bridgehead atoms. The molecular formula is C16H16OS. The Kier molecular flexibility index (Phi) is 3.04. The zero-order valence-corrected chi connectivity index (χ0v) is 11.1. The van der Waals surface area contributed by atoms with Crippen molar-refractivity contribution in [1.29, 1.82) is 0 Å². The third-order valence-electron chi connectivity index (χ3n) is 3.98. The summed E-state index contributed by atoms with van der Waals surface area (Å²) in [5.74, 6) is 0.391. The summed E-state index contributed by atoms with van der Waals surface area (Å²) in [5, 5.41) is 2.04. The van der Waals surface area contributed by atoms with Gasteiger partial charge in [0.1, 0.15) is 5.78 Å². The minimum Gasteiger partial charge on any atom is -0.298 e. The molecule has 0 amide bonds. The van der Waals surface area contributed by atoms with Gasteiger partial charge in [-0.05, 0) is 29.9 Å². The van der Waals surface area contributed by atoms with Crippen molar-refractivity contribution >= 4 is 17.1 Å². The topological polar surface area (TPSA) is 17.1 Å². The third kappa shape index (κ3) is 1.91. The Bertz CT molecular complexity index is 523. The van der Waals surface area contributed by atoms with Crippen LogP contribution in [0.3, 0.4) is 0 Å². The van der Waals surface area contributed by atoms with Crippen molar-refractivity contribution < 1.29 is 4.79 Å². The minimum absolute atomic E-state index is 0.189. The second-order valence-corrected chi connectivity index (χ2v) is 6.01. The second kappa shape index (κ2) is 4.69. The van der Waals surface area contributed by atoms with Crippen LogP contribution in [0.25, 0.3) is 0 Å². The van der Waals surface area contributed by atoms with E-state index >= 15 is 0 Å². The number of rotatable bonds is 4. The molecule has 2 heteroatoms. The van der Waals surface area contributed by atoms with Crippen LogP contribution in [0.2, 0.25) is 0 Å². The lowest BCUT2D eigenvalue weighted by molar-refractivity contribution is -0.126. The van der Waals surface area contributed by atoms with E-state index in [0.29, 0.717) is 12.2 Å². The van der Waals surface area contributed by atoms with Gasteiger partial charge < -0.3 is 0 Å². The number of hydrogen-bond donors (Lipinski definition) is 0. The van der Waals surface area contributed by atoms with Crippen LogP contribution in [-0.4, -0.2) is 5.78 Å². The molecule has 0 atom stereocenters. The lowest BCUT2D eigenvalue weighted by Gasteiger charge is -2.41. The zero-order valence-electron chi connectivity index (χ0n) is 10.3. The predicted octanol–water partition coefficient (Wildman–Crippen LogP) is 3.98. The van der Waals surface area contributed by atoms with Crippen molar-refractivity contribution in [2.24, 2.45) is 0 Å². The Morgan fingerprint density at radius 1 is 1.11 bits per heavy atom. The fraction of sp³-hybridized carbons (Fsp3) is 0.312. The normalized spacial score (nSPS) is 17.1.